The van der Waals surface area contributed by atoms with Gasteiger partial charge in [0.1, 0.15) is 24.2 Å². The molecular formula is C23H28N2O5. The average molecular weight is 412 g/mol. The smallest absolute Gasteiger partial charge is 0.268 e. The van der Waals surface area contributed by atoms with Gasteiger partial charge in [0.25, 0.3) is 5.91 Å². The first kappa shape index (κ1) is 20.5. The van der Waals surface area contributed by atoms with Crippen molar-refractivity contribution in [2.45, 2.75) is 63.7 Å². The monoisotopic (exact) mass is 412 g/mol. The molecule has 160 valence electrons. The van der Waals surface area contributed by atoms with Crippen molar-refractivity contribution in [2.75, 3.05) is 11.4 Å². The Bertz CT molecular complexity index is 889. The fourth-order valence-corrected chi connectivity index (χ4v) is 4.21. The van der Waals surface area contributed by atoms with Gasteiger partial charge in [0.15, 0.2) is 6.10 Å². The predicted molar refractivity (Wildman–Crippen MR) is 111 cm³/mol. The Morgan fingerprint density at radius 2 is 2.07 bits per heavy atom. The molecule has 30 heavy (non-hydrogen) atoms. The molecule has 0 spiro atoms. The van der Waals surface area contributed by atoms with E-state index in [1.54, 1.807) is 30.3 Å². The molecule has 1 fully saturated rings. The van der Waals surface area contributed by atoms with Crippen LogP contribution >= 0.6 is 0 Å². The average Bonchev–Trinajstić information content (AvgIpc) is 3.30. The van der Waals surface area contributed by atoms with Gasteiger partial charge in [-0.25, -0.2) is 0 Å². The van der Waals surface area contributed by atoms with Crippen LogP contribution in [0.4, 0.5) is 5.69 Å². The quantitative estimate of drug-likeness (QED) is 0.759. The van der Waals surface area contributed by atoms with Crippen LogP contribution in [-0.2, 0) is 9.59 Å². The van der Waals surface area contributed by atoms with Gasteiger partial charge in [-0.3, -0.25) is 14.5 Å². The van der Waals surface area contributed by atoms with Crippen LogP contribution < -0.4 is 15.0 Å². The minimum atomic E-state index is -0.970. The van der Waals surface area contributed by atoms with Gasteiger partial charge in [0.05, 0.1) is 12.0 Å². The summed E-state index contributed by atoms with van der Waals surface area (Å²) in [5.41, 5.74) is 1.05. The Balaban J connectivity index is 1.58. The van der Waals surface area contributed by atoms with E-state index in [1.807, 2.05) is 6.92 Å². The van der Waals surface area contributed by atoms with Crippen molar-refractivity contribution in [3.8, 4) is 5.75 Å². The molecule has 4 rings (SSSR count). The summed E-state index contributed by atoms with van der Waals surface area (Å²) >= 11 is 0. The van der Waals surface area contributed by atoms with Crippen LogP contribution in [0.1, 0.15) is 62.9 Å². The maximum atomic E-state index is 13.0. The van der Waals surface area contributed by atoms with Gasteiger partial charge in [-0.1, -0.05) is 32.3 Å². The van der Waals surface area contributed by atoms with Crippen LogP contribution in [0.2, 0.25) is 0 Å². The zero-order valence-corrected chi connectivity index (χ0v) is 17.2. The molecule has 2 aliphatic rings. The molecule has 2 aromatic rings. The molecule has 0 radical (unpaired) electrons. The Hall–Kier alpha value is -2.80. The van der Waals surface area contributed by atoms with Gasteiger partial charge in [-0.15, -0.1) is 0 Å². The number of hydrogen-bond donors (Lipinski definition) is 2. The standard InChI is InChI=1S/C23H28N2O5/c1-2-18-23(28)25(14-21(26)24-16-7-4-3-5-8-16)17-13-15(10-11-19(17)30-18)22(27)20-9-6-12-29-20/h6,9-13,16,18,22,27H,2-5,7-8,14H2,1H3,(H,24,26)/t18-,22+/m1/s1. The van der Waals surface area contributed by atoms with Gasteiger partial charge in [-0.2, -0.15) is 0 Å². The van der Waals surface area contributed by atoms with E-state index < -0.39 is 12.2 Å². The number of aliphatic hydroxyl groups excluding tert-OH is 1. The maximum Gasteiger partial charge on any atom is 0.268 e. The highest BCUT2D eigenvalue weighted by atomic mass is 16.5. The summed E-state index contributed by atoms with van der Waals surface area (Å²) < 4.78 is 11.2. The fourth-order valence-electron chi connectivity index (χ4n) is 4.21. The third kappa shape index (κ3) is 4.21. The zero-order chi connectivity index (χ0) is 21.1. The molecule has 2 amide bonds. The first-order valence-corrected chi connectivity index (χ1v) is 10.7. The lowest BCUT2D eigenvalue weighted by Crippen LogP contribution is -2.51. The number of carbonyl (C=O) groups excluding carboxylic acids is 2. The number of aliphatic hydroxyl groups is 1. The Morgan fingerprint density at radius 3 is 2.77 bits per heavy atom. The molecule has 2 N–H and O–H groups in total. The van der Waals surface area contributed by atoms with E-state index >= 15 is 0 Å². The molecule has 7 nitrogen and oxygen atoms in total. The van der Waals surface area contributed by atoms with Crippen molar-refractivity contribution in [2.24, 2.45) is 0 Å². The van der Waals surface area contributed by atoms with E-state index in [-0.39, 0.29) is 24.4 Å². The van der Waals surface area contributed by atoms with Crippen LogP contribution in [0, 0.1) is 0 Å². The summed E-state index contributed by atoms with van der Waals surface area (Å²) in [6.07, 6.45) is 5.83. The summed E-state index contributed by atoms with van der Waals surface area (Å²) in [5.74, 6) is 0.525. The van der Waals surface area contributed by atoms with Crippen LogP contribution in [0.15, 0.2) is 41.0 Å². The van der Waals surface area contributed by atoms with Crippen molar-refractivity contribution < 1.29 is 23.8 Å². The van der Waals surface area contributed by atoms with E-state index in [1.165, 1.54) is 17.6 Å². The third-order valence-electron chi connectivity index (χ3n) is 5.86. The third-order valence-corrected chi connectivity index (χ3v) is 5.86. The molecule has 1 aromatic heterocycles. The highest BCUT2D eigenvalue weighted by Gasteiger charge is 2.35. The van der Waals surface area contributed by atoms with E-state index in [0.717, 1.165) is 25.7 Å². The second kappa shape index (κ2) is 8.92. The molecule has 1 aliphatic heterocycles. The minimum Gasteiger partial charge on any atom is -0.478 e. The highest BCUT2D eigenvalue weighted by Crippen LogP contribution is 2.38. The number of amides is 2. The molecule has 2 atom stereocenters. The van der Waals surface area contributed by atoms with E-state index in [9.17, 15) is 14.7 Å². The van der Waals surface area contributed by atoms with Crippen LogP contribution in [0.3, 0.4) is 0 Å². The summed E-state index contributed by atoms with van der Waals surface area (Å²) in [5, 5.41) is 13.7. The molecule has 1 saturated carbocycles. The van der Waals surface area contributed by atoms with Crippen molar-refractivity contribution in [1.29, 1.82) is 0 Å². The SMILES string of the molecule is CC[C@H]1Oc2ccc([C@H](O)c3ccco3)cc2N(CC(=O)NC2CCCCC2)C1=O. The Labute approximate surface area is 176 Å². The summed E-state index contributed by atoms with van der Waals surface area (Å²) in [6.45, 7) is 1.81. The normalized spacial score (nSPS) is 20.4. The van der Waals surface area contributed by atoms with Crippen molar-refractivity contribution in [3.63, 3.8) is 0 Å². The topological polar surface area (TPSA) is 92.0 Å². The molecule has 1 aliphatic carbocycles. The summed E-state index contributed by atoms with van der Waals surface area (Å²) in [4.78, 5) is 27.2. The van der Waals surface area contributed by atoms with E-state index in [4.69, 9.17) is 9.15 Å². The Morgan fingerprint density at radius 1 is 1.27 bits per heavy atom. The number of nitrogens with one attached hydrogen (secondary N) is 1. The van der Waals surface area contributed by atoms with Crippen molar-refractivity contribution in [1.82, 2.24) is 5.32 Å². The van der Waals surface area contributed by atoms with Gasteiger partial charge in [0.2, 0.25) is 5.91 Å². The van der Waals surface area contributed by atoms with Gasteiger partial charge >= 0.3 is 0 Å². The molecule has 0 bridgehead atoms. The molecule has 1 aromatic carbocycles. The fraction of sp³-hybridized carbons (Fsp3) is 0.478. The first-order valence-electron chi connectivity index (χ1n) is 10.7. The number of nitrogens with zero attached hydrogens (tertiary/aromatic N) is 1. The minimum absolute atomic E-state index is 0.0670. The molecule has 7 heteroatoms. The number of fused-ring (bicyclic) bond motifs is 1. The number of benzene rings is 1. The zero-order valence-electron chi connectivity index (χ0n) is 17.2. The number of carbonyl (C=O) groups is 2. The van der Waals surface area contributed by atoms with Crippen LogP contribution in [0.25, 0.3) is 0 Å². The van der Waals surface area contributed by atoms with Crippen molar-refractivity contribution >= 4 is 17.5 Å². The largest absolute Gasteiger partial charge is 0.478 e. The summed E-state index contributed by atoms with van der Waals surface area (Å²) in [7, 11) is 0. The predicted octanol–water partition coefficient (Wildman–Crippen LogP) is 3.31. The van der Waals surface area contributed by atoms with Crippen LogP contribution in [0.5, 0.6) is 5.75 Å². The van der Waals surface area contributed by atoms with Gasteiger partial charge in [-0.05, 0) is 49.1 Å². The maximum absolute atomic E-state index is 13.0. The molecular weight excluding hydrogens is 384 g/mol. The highest BCUT2D eigenvalue weighted by molar-refractivity contribution is 6.04. The Kier molecular flexibility index (Phi) is 6.08. The molecule has 0 unspecified atom stereocenters. The number of rotatable bonds is 6. The lowest BCUT2D eigenvalue weighted by atomic mass is 9.95. The lowest BCUT2D eigenvalue weighted by Gasteiger charge is -2.34. The van der Waals surface area contributed by atoms with E-state index in [2.05, 4.69) is 5.32 Å². The number of anilines is 1. The first-order chi connectivity index (χ1) is 14.6. The van der Waals surface area contributed by atoms with Gasteiger partial charge in [0, 0.05) is 6.04 Å². The van der Waals surface area contributed by atoms with Crippen LogP contribution in [-0.4, -0.2) is 35.6 Å². The molecule has 2 heterocycles. The number of furan rings is 1. The number of hydrogen-bond acceptors (Lipinski definition) is 5. The second-order valence-corrected chi connectivity index (χ2v) is 7.99. The van der Waals surface area contributed by atoms with E-state index in [0.29, 0.717) is 29.2 Å². The number of ether oxygens (including phenoxy) is 1. The van der Waals surface area contributed by atoms with Gasteiger partial charge < -0.3 is 19.6 Å². The van der Waals surface area contributed by atoms with Crippen molar-refractivity contribution in [3.05, 3.63) is 47.9 Å². The summed E-state index contributed by atoms with van der Waals surface area (Å²) in [6, 6.07) is 8.74. The second-order valence-electron chi connectivity index (χ2n) is 7.99. The lowest BCUT2D eigenvalue weighted by molar-refractivity contribution is -0.129. The molecule has 0 saturated heterocycles.